The van der Waals surface area contributed by atoms with Gasteiger partial charge in [-0.2, -0.15) is 0 Å². The molecule has 0 saturated heterocycles. The third-order valence-electron chi connectivity index (χ3n) is 2.95. The summed E-state index contributed by atoms with van der Waals surface area (Å²) < 4.78 is 0. The van der Waals surface area contributed by atoms with Gasteiger partial charge in [0.2, 0.25) is 0 Å². The van der Waals surface area contributed by atoms with Gasteiger partial charge in [-0.1, -0.05) is 41.5 Å². The molecule has 0 amide bonds. The lowest BCUT2D eigenvalue weighted by atomic mass is 9.73. The molecule has 0 fully saturated rings. The Hall–Kier alpha value is -0.0800. The second-order valence-electron chi connectivity index (χ2n) is 4.89. The molecule has 0 aliphatic heterocycles. The van der Waals surface area contributed by atoms with Gasteiger partial charge in [-0.05, 0) is 17.8 Å². The zero-order valence-electron chi connectivity index (χ0n) is 9.70. The molecule has 0 rings (SSSR count). The van der Waals surface area contributed by atoms with E-state index in [1.54, 1.807) is 0 Å². The third kappa shape index (κ3) is 2.44. The lowest BCUT2D eigenvalue weighted by molar-refractivity contribution is -0.150. The fraction of sp³-hybridized carbons (Fsp3) is 1.00. The van der Waals surface area contributed by atoms with Crippen LogP contribution in [0.4, 0.5) is 0 Å². The lowest BCUT2D eigenvalue weighted by Gasteiger charge is -2.42. The molecule has 2 nitrogen and oxygen atoms in total. The molecule has 80 valence electrons. The van der Waals surface area contributed by atoms with E-state index in [1.807, 2.05) is 41.5 Å². The molecule has 0 aliphatic carbocycles. The monoisotopic (exact) mass is 188 g/mol. The highest BCUT2D eigenvalue weighted by Gasteiger charge is 2.42. The van der Waals surface area contributed by atoms with Crippen LogP contribution in [0.25, 0.3) is 0 Å². The minimum atomic E-state index is -0.964. The van der Waals surface area contributed by atoms with E-state index in [4.69, 9.17) is 0 Å². The molecule has 0 bridgehead atoms. The van der Waals surface area contributed by atoms with E-state index in [9.17, 15) is 10.2 Å². The van der Waals surface area contributed by atoms with Crippen LogP contribution >= 0.6 is 0 Å². The van der Waals surface area contributed by atoms with Crippen molar-refractivity contribution in [2.75, 3.05) is 0 Å². The molecule has 0 radical (unpaired) electrons. The molecule has 13 heavy (non-hydrogen) atoms. The molecular formula is C11H24O2. The van der Waals surface area contributed by atoms with Gasteiger partial charge >= 0.3 is 0 Å². The van der Waals surface area contributed by atoms with Crippen molar-refractivity contribution >= 4 is 0 Å². The predicted octanol–water partition coefficient (Wildman–Crippen LogP) is 2.05. The summed E-state index contributed by atoms with van der Waals surface area (Å²) in [6.45, 7) is 11.7. The summed E-state index contributed by atoms with van der Waals surface area (Å²) in [5.41, 5.74) is -0.964. The topological polar surface area (TPSA) is 40.5 Å². The normalized spacial score (nSPS) is 15.9. The van der Waals surface area contributed by atoms with E-state index < -0.39 is 11.7 Å². The van der Waals surface area contributed by atoms with Gasteiger partial charge in [-0.3, -0.25) is 0 Å². The first kappa shape index (κ1) is 12.9. The van der Waals surface area contributed by atoms with Crippen molar-refractivity contribution in [2.24, 2.45) is 17.8 Å². The minimum Gasteiger partial charge on any atom is -0.390 e. The van der Waals surface area contributed by atoms with Crippen molar-refractivity contribution in [1.29, 1.82) is 0 Å². The number of hydrogen-bond acceptors (Lipinski definition) is 2. The smallest absolute Gasteiger partial charge is 0.0953 e. The van der Waals surface area contributed by atoms with E-state index >= 15 is 0 Å². The standard InChI is InChI=1S/C11H24O2/c1-7(2)10(12)11(13,8(3)4)9(5)6/h7-10,12-13H,1-6H3. The third-order valence-corrected chi connectivity index (χ3v) is 2.95. The summed E-state index contributed by atoms with van der Waals surface area (Å²) in [5.74, 6) is 0.240. The molecule has 0 aromatic carbocycles. The van der Waals surface area contributed by atoms with Crippen molar-refractivity contribution in [2.45, 2.75) is 53.2 Å². The number of aliphatic hydroxyl groups is 2. The summed E-state index contributed by atoms with van der Waals surface area (Å²) in [4.78, 5) is 0. The molecule has 0 saturated carbocycles. The fourth-order valence-electron chi connectivity index (χ4n) is 1.88. The first-order chi connectivity index (χ1) is 5.74. The summed E-state index contributed by atoms with van der Waals surface area (Å²) in [5, 5.41) is 20.3. The summed E-state index contributed by atoms with van der Waals surface area (Å²) >= 11 is 0. The average Bonchev–Trinajstić information content (AvgIpc) is 2.00. The van der Waals surface area contributed by atoms with E-state index in [1.165, 1.54) is 0 Å². The van der Waals surface area contributed by atoms with Gasteiger partial charge in [0.1, 0.15) is 0 Å². The number of aliphatic hydroxyl groups excluding tert-OH is 1. The second-order valence-corrected chi connectivity index (χ2v) is 4.89. The summed E-state index contributed by atoms with van der Waals surface area (Å²) in [6.07, 6.45) is -0.646. The highest BCUT2D eigenvalue weighted by atomic mass is 16.3. The van der Waals surface area contributed by atoms with Crippen LogP contribution in [0.5, 0.6) is 0 Å². The van der Waals surface area contributed by atoms with Gasteiger partial charge < -0.3 is 10.2 Å². The van der Waals surface area contributed by atoms with E-state index in [0.717, 1.165) is 0 Å². The summed E-state index contributed by atoms with van der Waals surface area (Å²) in [6, 6.07) is 0. The molecule has 0 heterocycles. The Labute approximate surface area is 82.0 Å². The van der Waals surface area contributed by atoms with Gasteiger partial charge in [-0.15, -0.1) is 0 Å². The van der Waals surface area contributed by atoms with Crippen LogP contribution in [-0.4, -0.2) is 21.9 Å². The van der Waals surface area contributed by atoms with E-state index in [0.29, 0.717) is 0 Å². The second kappa shape index (κ2) is 4.43. The van der Waals surface area contributed by atoms with Crippen molar-refractivity contribution in [3.05, 3.63) is 0 Å². The minimum absolute atomic E-state index is 0.0740. The maximum absolute atomic E-state index is 10.4. The highest BCUT2D eigenvalue weighted by molar-refractivity contribution is 4.93. The zero-order valence-corrected chi connectivity index (χ0v) is 9.70. The molecule has 0 aromatic heterocycles. The van der Waals surface area contributed by atoms with Crippen LogP contribution in [0.1, 0.15) is 41.5 Å². The fourth-order valence-corrected chi connectivity index (χ4v) is 1.88. The Kier molecular flexibility index (Phi) is 4.40. The Balaban J connectivity index is 4.79. The molecule has 2 N–H and O–H groups in total. The molecule has 2 heteroatoms. The molecule has 1 unspecified atom stereocenters. The van der Waals surface area contributed by atoms with Crippen LogP contribution in [-0.2, 0) is 0 Å². The zero-order chi connectivity index (χ0) is 10.8. The Morgan fingerprint density at radius 2 is 1.15 bits per heavy atom. The first-order valence-electron chi connectivity index (χ1n) is 5.15. The van der Waals surface area contributed by atoms with E-state index in [-0.39, 0.29) is 17.8 Å². The van der Waals surface area contributed by atoms with Crippen molar-refractivity contribution in [3.63, 3.8) is 0 Å². The van der Waals surface area contributed by atoms with Gasteiger partial charge in [0.15, 0.2) is 0 Å². The van der Waals surface area contributed by atoms with Crippen molar-refractivity contribution in [3.8, 4) is 0 Å². The van der Waals surface area contributed by atoms with Crippen LogP contribution in [0.3, 0.4) is 0 Å². The Morgan fingerprint density at radius 3 is 1.23 bits per heavy atom. The van der Waals surface area contributed by atoms with Crippen LogP contribution in [0, 0.1) is 17.8 Å². The van der Waals surface area contributed by atoms with Crippen LogP contribution in [0.2, 0.25) is 0 Å². The highest BCUT2D eigenvalue weighted by Crippen LogP contribution is 2.32. The summed E-state index contributed by atoms with van der Waals surface area (Å²) in [7, 11) is 0. The maximum atomic E-state index is 10.4. The lowest BCUT2D eigenvalue weighted by Crippen LogP contribution is -2.53. The maximum Gasteiger partial charge on any atom is 0.0953 e. The molecular weight excluding hydrogens is 164 g/mol. The number of hydrogen-bond donors (Lipinski definition) is 2. The SMILES string of the molecule is CC(C)C(O)C(O)(C(C)C)C(C)C. The Morgan fingerprint density at radius 1 is 0.846 bits per heavy atom. The average molecular weight is 188 g/mol. The molecule has 0 aromatic rings. The predicted molar refractivity (Wildman–Crippen MR) is 55.5 cm³/mol. The van der Waals surface area contributed by atoms with E-state index in [2.05, 4.69) is 0 Å². The van der Waals surface area contributed by atoms with Crippen molar-refractivity contribution < 1.29 is 10.2 Å². The molecule has 1 atom stereocenters. The van der Waals surface area contributed by atoms with Gasteiger partial charge in [0, 0.05) is 0 Å². The van der Waals surface area contributed by atoms with Gasteiger partial charge in [0.05, 0.1) is 11.7 Å². The largest absolute Gasteiger partial charge is 0.390 e. The molecule has 0 aliphatic rings. The Bertz CT molecular complexity index is 142. The van der Waals surface area contributed by atoms with Crippen LogP contribution < -0.4 is 0 Å². The quantitative estimate of drug-likeness (QED) is 0.709. The van der Waals surface area contributed by atoms with Gasteiger partial charge in [-0.25, -0.2) is 0 Å². The first-order valence-corrected chi connectivity index (χ1v) is 5.15. The van der Waals surface area contributed by atoms with Gasteiger partial charge in [0.25, 0.3) is 0 Å². The number of rotatable bonds is 4. The van der Waals surface area contributed by atoms with Crippen LogP contribution in [0.15, 0.2) is 0 Å². The van der Waals surface area contributed by atoms with Crippen molar-refractivity contribution in [1.82, 2.24) is 0 Å². The molecule has 0 spiro atoms.